The number of amides is 1. The first-order valence-corrected chi connectivity index (χ1v) is 7.74. The first-order chi connectivity index (χ1) is 10.8. The van der Waals surface area contributed by atoms with Crippen molar-refractivity contribution >= 4 is 11.6 Å². The highest BCUT2D eigenvalue weighted by molar-refractivity contribution is 6.01. The van der Waals surface area contributed by atoms with Crippen LogP contribution in [0.3, 0.4) is 0 Å². The smallest absolute Gasteiger partial charge is 0.244 e. The Kier molecular flexibility index (Phi) is 6.37. The van der Waals surface area contributed by atoms with Crippen LogP contribution in [0, 0.1) is 0 Å². The molecule has 0 bridgehead atoms. The van der Waals surface area contributed by atoms with Crippen molar-refractivity contribution in [3.8, 4) is 0 Å². The van der Waals surface area contributed by atoms with E-state index in [-0.39, 0.29) is 5.91 Å². The third kappa shape index (κ3) is 5.17. The standard InChI is InChI=1S/C19H22N2O/c1-2-3-14-18(17-12-8-5-9-13-17)20-21-19(22)15-16-10-6-4-7-11-16/h4-13H,2-3,14-15H2,1H3,(H,21,22)/b20-18+. The molecule has 0 heterocycles. The van der Waals surface area contributed by atoms with Gasteiger partial charge in [-0.05, 0) is 24.0 Å². The summed E-state index contributed by atoms with van der Waals surface area (Å²) in [5.74, 6) is -0.0869. The first-order valence-electron chi connectivity index (χ1n) is 7.74. The summed E-state index contributed by atoms with van der Waals surface area (Å²) in [6.07, 6.45) is 3.37. The number of carbonyl (C=O) groups is 1. The normalized spacial score (nSPS) is 11.2. The molecule has 3 heteroatoms. The summed E-state index contributed by atoms with van der Waals surface area (Å²) in [6, 6.07) is 19.7. The van der Waals surface area contributed by atoms with Gasteiger partial charge in [-0.25, -0.2) is 5.43 Å². The Morgan fingerprint density at radius 3 is 2.27 bits per heavy atom. The van der Waals surface area contributed by atoms with Gasteiger partial charge in [0.05, 0.1) is 12.1 Å². The first kappa shape index (κ1) is 16.0. The zero-order valence-corrected chi connectivity index (χ0v) is 13.0. The quantitative estimate of drug-likeness (QED) is 0.610. The van der Waals surface area contributed by atoms with Gasteiger partial charge in [-0.15, -0.1) is 0 Å². The Balaban J connectivity index is 2.01. The lowest BCUT2D eigenvalue weighted by Gasteiger charge is -2.07. The van der Waals surface area contributed by atoms with Gasteiger partial charge in [0, 0.05) is 0 Å². The second-order valence-corrected chi connectivity index (χ2v) is 5.23. The van der Waals surface area contributed by atoms with Gasteiger partial charge in [-0.3, -0.25) is 4.79 Å². The largest absolute Gasteiger partial charge is 0.273 e. The third-order valence-electron chi connectivity index (χ3n) is 3.40. The van der Waals surface area contributed by atoms with Crippen LogP contribution < -0.4 is 5.43 Å². The van der Waals surface area contributed by atoms with Gasteiger partial charge in [-0.1, -0.05) is 74.0 Å². The molecule has 1 amide bonds. The molecule has 0 aliphatic carbocycles. The molecule has 2 aromatic carbocycles. The van der Waals surface area contributed by atoms with Gasteiger partial charge in [0.15, 0.2) is 0 Å². The van der Waals surface area contributed by atoms with Crippen LogP contribution in [0.1, 0.15) is 37.3 Å². The molecule has 0 aliphatic rings. The fraction of sp³-hybridized carbons (Fsp3) is 0.263. The van der Waals surface area contributed by atoms with E-state index in [4.69, 9.17) is 0 Å². The third-order valence-corrected chi connectivity index (χ3v) is 3.40. The summed E-state index contributed by atoms with van der Waals surface area (Å²) in [6.45, 7) is 2.15. The maximum absolute atomic E-state index is 12.0. The van der Waals surface area contributed by atoms with Crippen molar-refractivity contribution in [3.63, 3.8) is 0 Å². The zero-order chi connectivity index (χ0) is 15.6. The zero-order valence-electron chi connectivity index (χ0n) is 13.0. The number of rotatable bonds is 7. The van der Waals surface area contributed by atoms with Crippen molar-refractivity contribution in [2.24, 2.45) is 5.10 Å². The molecule has 22 heavy (non-hydrogen) atoms. The predicted molar refractivity (Wildman–Crippen MR) is 90.8 cm³/mol. The topological polar surface area (TPSA) is 41.5 Å². The second kappa shape index (κ2) is 8.78. The Morgan fingerprint density at radius 1 is 1.00 bits per heavy atom. The molecule has 0 saturated carbocycles. The summed E-state index contributed by atoms with van der Waals surface area (Å²) in [4.78, 5) is 12.0. The molecule has 2 rings (SSSR count). The average Bonchev–Trinajstić information content (AvgIpc) is 2.57. The molecular weight excluding hydrogens is 272 g/mol. The van der Waals surface area contributed by atoms with Gasteiger partial charge >= 0.3 is 0 Å². The van der Waals surface area contributed by atoms with E-state index >= 15 is 0 Å². The molecule has 0 unspecified atom stereocenters. The number of benzene rings is 2. The number of hydrogen-bond donors (Lipinski definition) is 1. The molecule has 0 aliphatic heterocycles. The number of hydrogen-bond acceptors (Lipinski definition) is 2. The van der Waals surface area contributed by atoms with Gasteiger partial charge in [0.25, 0.3) is 0 Å². The monoisotopic (exact) mass is 294 g/mol. The Bertz CT molecular complexity index is 606. The van der Waals surface area contributed by atoms with Crippen LogP contribution in [0.15, 0.2) is 65.8 Å². The molecule has 0 aromatic heterocycles. The second-order valence-electron chi connectivity index (χ2n) is 5.23. The lowest BCUT2D eigenvalue weighted by Crippen LogP contribution is -2.22. The number of carbonyl (C=O) groups excluding carboxylic acids is 1. The highest BCUT2D eigenvalue weighted by Gasteiger charge is 2.05. The molecule has 0 atom stereocenters. The fourth-order valence-electron chi connectivity index (χ4n) is 2.19. The summed E-state index contributed by atoms with van der Waals surface area (Å²) >= 11 is 0. The van der Waals surface area contributed by atoms with E-state index in [1.807, 2.05) is 60.7 Å². The van der Waals surface area contributed by atoms with Crippen LogP contribution in [0.2, 0.25) is 0 Å². The molecule has 0 saturated heterocycles. The van der Waals surface area contributed by atoms with Gasteiger partial charge < -0.3 is 0 Å². The van der Waals surface area contributed by atoms with E-state index in [9.17, 15) is 4.79 Å². The SMILES string of the molecule is CCCC/C(=N\NC(=O)Cc1ccccc1)c1ccccc1. The van der Waals surface area contributed by atoms with E-state index in [1.54, 1.807) is 0 Å². The highest BCUT2D eigenvalue weighted by Crippen LogP contribution is 2.08. The lowest BCUT2D eigenvalue weighted by molar-refractivity contribution is -0.120. The summed E-state index contributed by atoms with van der Waals surface area (Å²) < 4.78 is 0. The molecule has 2 aromatic rings. The fourth-order valence-corrected chi connectivity index (χ4v) is 2.19. The van der Waals surface area contributed by atoms with Gasteiger partial charge in [0.2, 0.25) is 5.91 Å². The minimum absolute atomic E-state index is 0.0869. The van der Waals surface area contributed by atoms with E-state index in [2.05, 4.69) is 17.5 Å². The Hall–Kier alpha value is -2.42. The summed E-state index contributed by atoms with van der Waals surface area (Å²) in [5, 5.41) is 4.34. The summed E-state index contributed by atoms with van der Waals surface area (Å²) in [7, 11) is 0. The van der Waals surface area contributed by atoms with Crippen LogP contribution in [-0.4, -0.2) is 11.6 Å². The number of nitrogens with zero attached hydrogens (tertiary/aromatic N) is 1. The number of hydrazone groups is 1. The predicted octanol–water partition coefficient (Wildman–Crippen LogP) is 3.94. The number of nitrogens with one attached hydrogen (secondary N) is 1. The molecule has 0 spiro atoms. The van der Waals surface area contributed by atoms with Crippen molar-refractivity contribution in [3.05, 3.63) is 71.8 Å². The van der Waals surface area contributed by atoms with Crippen LogP contribution in [0.4, 0.5) is 0 Å². The number of unbranched alkanes of at least 4 members (excludes halogenated alkanes) is 1. The average molecular weight is 294 g/mol. The van der Waals surface area contributed by atoms with E-state index in [0.29, 0.717) is 6.42 Å². The van der Waals surface area contributed by atoms with E-state index in [1.165, 1.54) is 0 Å². The Labute approximate surface area is 132 Å². The van der Waals surface area contributed by atoms with Crippen molar-refractivity contribution < 1.29 is 4.79 Å². The van der Waals surface area contributed by atoms with Crippen molar-refractivity contribution in [1.82, 2.24) is 5.43 Å². The molecule has 0 radical (unpaired) electrons. The molecular formula is C19H22N2O. The van der Waals surface area contributed by atoms with E-state index in [0.717, 1.165) is 36.1 Å². The minimum atomic E-state index is -0.0869. The van der Waals surface area contributed by atoms with Crippen molar-refractivity contribution in [1.29, 1.82) is 0 Å². The highest BCUT2D eigenvalue weighted by atomic mass is 16.2. The Morgan fingerprint density at radius 2 is 1.64 bits per heavy atom. The minimum Gasteiger partial charge on any atom is -0.273 e. The van der Waals surface area contributed by atoms with Crippen molar-refractivity contribution in [2.45, 2.75) is 32.6 Å². The van der Waals surface area contributed by atoms with Crippen molar-refractivity contribution in [2.75, 3.05) is 0 Å². The van der Waals surface area contributed by atoms with Gasteiger partial charge in [-0.2, -0.15) is 5.10 Å². The maximum atomic E-state index is 12.0. The van der Waals surface area contributed by atoms with Crippen LogP contribution >= 0.6 is 0 Å². The summed E-state index contributed by atoms with van der Waals surface area (Å²) in [5.41, 5.74) is 5.68. The molecule has 0 fully saturated rings. The van der Waals surface area contributed by atoms with Crippen LogP contribution in [-0.2, 0) is 11.2 Å². The molecule has 3 nitrogen and oxygen atoms in total. The maximum Gasteiger partial charge on any atom is 0.244 e. The van der Waals surface area contributed by atoms with Crippen LogP contribution in [0.5, 0.6) is 0 Å². The van der Waals surface area contributed by atoms with Crippen LogP contribution in [0.25, 0.3) is 0 Å². The lowest BCUT2D eigenvalue weighted by atomic mass is 10.1. The molecule has 114 valence electrons. The molecule has 1 N–H and O–H groups in total. The van der Waals surface area contributed by atoms with E-state index < -0.39 is 0 Å². The van der Waals surface area contributed by atoms with Gasteiger partial charge in [0.1, 0.15) is 0 Å².